The molecule has 1 saturated carbocycles. The molecule has 2 aliphatic rings. The maximum Gasteiger partial charge on any atom is 0.177 e. The molecule has 92 valence electrons. The minimum Gasteiger partial charge on any atom is -0.337 e. The molecule has 0 radical (unpaired) electrons. The highest BCUT2D eigenvalue weighted by Crippen LogP contribution is 2.66. The predicted octanol–water partition coefficient (Wildman–Crippen LogP) is 3.78. The molecular weight excluding hydrogens is 271 g/mol. The summed E-state index contributed by atoms with van der Waals surface area (Å²) in [6.45, 7) is 0.804. The zero-order chi connectivity index (χ0) is 12.5. The third kappa shape index (κ3) is 1.20. The smallest absolute Gasteiger partial charge is 0.177 e. The van der Waals surface area contributed by atoms with Crippen molar-refractivity contribution in [3.63, 3.8) is 0 Å². The lowest BCUT2D eigenvalue weighted by atomic mass is 9.94. The molecule has 1 aliphatic heterocycles. The Bertz CT molecular complexity index is 720. The van der Waals surface area contributed by atoms with Crippen molar-refractivity contribution < 1.29 is 4.39 Å². The van der Waals surface area contributed by atoms with Crippen molar-refractivity contribution in [1.82, 2.24) is 9.55 Å². The summed E-state index contributed by atoms with van der Waals surface area (Å²) in [5, 5.41) is 0.652. The van der Waals surface area contributed by atoms with Crippen molar-refractivity contribution in [2.45, 2.75) is 24.3 Å². The van der Waals surface area contributed by atoms with Crippen LogP contribution in [0.2, 0.25) is 5.02 Å². The van der Waals surface area contributed by atoms with Crippen molar-refractivity contribution in [2.24, 2.45) is 0 Å². The summed E-state index contributed by atoms with van der Waals surface area (Å²) in [6.07, 6.45) is 3.00. The fourth-order valence-corrected chi connectivity index (χ4v) is 3.81. The Balaban J connectivity index is 1.86. The van der Waals surface area contributed by atoms with Gasteiger partial charge >= 0.3 is 0 Å². The number of imidazole rings is 1. The first-order valence-electron chi connectivity index (χ1n) is 5.85. The van der Waals surface area contributed by atoms with Crippen molar-refractivity contribution in [3.8, 4) is 0 Å². The molecule has 1 N–H and O–H groups in total. The van der Waals surface area contributed by atoms with Crippen LogP contribution in [0.5, 0.6) is 0 Å². The van der Waals surface area contributed by atoms with Gasteiger partial charge in [0, 0.05) is 34.8 Å². The number of hydrogen-bond acceptors (Lipinski definition) is 1. The first-order valence-corrected chi connectivity index (χ1v) is 6.64. The van der Waals surface area contributed by atoms with Gasteiger partial charge in [0.05, 0.1) is 0 Å². The predicted molar refractivity (Wildman–Crippen MR) is 70.1 cm³/mol. The van der Waals surface area contributed by atoms with E-state index in [1.54, 1.807) is 12.1 Å². The van der Waals surface area contributed by atoms with E-state index in [1.165, 1.54) is 11.8 Å². The SMILES string of the molecule is Fc1ccc(Cl)c([C@]23C[C@H]2c2c[nH]c(=S)n2C3)c1. The minimum atomic E-state index is -0.226. The average Bonchev–Trinajstić information content (AvgIpc) is 2.82. The van der Waals surface area contributed by atoms with E-state index in [0.29, 0.717) is 10.9 Å². The quantitative estimate of drug-likeness (QED) is 0.789. The largest absolute Gasteiger partial charge is 0.337 e. The maximum absolute atomic E-state index is 13.4. The number of H-pyrrole nitrogens is 1. The van der Waals surface area contributed by atoms with Crippen molar-refractivity contribution in [2.75, 3.05) is 0 Å². The van der Waals surface area contributed by atoms with E-state index < -0.39 is 0 Å². The van der Waals surface area contributed by atoms with Gasteiger partial charge in [0.15, 0.2) is 4.77 Å². The van der Waals surface area contributed by atoms with Crippen LogP contribution < -0.4 is 0 Å². The Morgan fingerprint density at radius 2 is 2.33 bits per heavy atom. The zero-order valence-corrected chi connectivity index (χ0v) is 11.0. The first-order chi connectivity index (χ1) is 8.62. The molecule has 0 spiro atoms. The number of fused-ring (bicyclic) bond motifs is 3. The van der Waals surface area contributed by atoms with E-state index in [1.807, 2.05) is 6.20 Å². The number of halogens is 2. The number of aromatic nitrogens is 2. The molecule has 5 heteroatoms. The third-order valence-electron chi connectivity index (χ3n) is 4.24. The average molecular weight is 281 g/mol. The van der Waals surface area contributed by atoms with Gasteiger partial charge in [0.1, 0.15) is 5.82 Å². The number of aromatic amines is 1. The van der Waals surface area contributed by atoms with Crippen molar-refractivity contribution in [1.29, 1.82) is 0 Å². The first kappa shape index (κ1) is 10.8. The van der Waals surface area contributed by atoms with Crippen LogP contribution in [0.25, 0.3) is 0 Å². The van der Waals surface area contributed by atoms with Crippen molar-refractivity contribution >= 4 is 23.8 Å². The van der Waals surface area contributed by atoms with Gasteiger partial charge in [-0.1, -0.05) is 11.6 Å². The zero-order valence-electron chi connectivity index (χ0n) is 9.41. The van der Waals surface area contributed by atoms with Crippen LogP contribution in [-0.4, -0.2) is 9.55 Å². The van der Waals surface area contributed by atoms with Crippen LogP contribution in [0.15, 0.2) is 24.4 Å². The molecule has 2 atom stereocenters. The van der Waals surface area contributed by atoms with Crippen LogP contribution in [0.4, 0.5) is 4.39 Å². The lowest BCUT2D eigenvalue weighted by Gasteiger charge is -2.15. The Morgan fingerprint density at radius 1 is 1.50 bits per heavy atom. The fourth-order valence-electron chi connectivity index (χ4n) is 3.27. The summed E-state index contributed by atoms with van der Waals surface area (Å²) in [6, 6.07) is 4.62. The van der Waals surface area contributed by atoms with Gasteiger partial charge in [-0.3, -0.25) is 0 Å². The van der Waals surface area contributed by atoms with E-state index in [4.69, 9.17) is 23.8 Å². The third-order valence-corrected chi connectivity index (χ3v) is 4.91. The highest BCUT2D eigenvalue weighted by atomic mass is 35.5. The molecule has 0 unspecified atom stereocenters. The summed E-state index contributed by atoms with van der Waals surface area (Å²) in [4.78, 5) is 3.06. The lowest BCUT2D eigenvalue weighted by Crippen LogP contribution is -2.13. The molecule has 0 bridgehead atoms. The molecule has 1 aliphatic carbocycles. The Hall–Kier alpha value is -1.13. The molecule has 1 aromatic heterocycles. The molecule has 2 aromatic rings. The fraction of sp³-hybridized carbons (Fsp3) is 0.308. The van der Waals surface area contributed by atoms with E-state index in [2.05, 4.69) is 9.55 Å². The molecule has 2 heterocycles. The standard InChI is InChI=1S/C13H10ClFN2S/c14-10-2-1-7(15)3-8(10)13-4-9(13)11-5-16-12(18)17(11)6-13/h1-3,5,9H,4,6H2,(H,16,18)/t9-,13+/m0/s1. The van der Waals surface area contributed by atoms with E-state index in [0.717, 1.165) is 23.3 Å². The van der Waals surface area contributed by atoms with Crippen LogP contribution in [0.1, 0.15) is 23.6 Å². The summed E-state index contributed by atoms with van der Waals surface area (Å²) in [7, 11) is 0. The van der Waals surface area contributed by atoms with Crippen LogP contribution in [-0.2, 0) is 12.0 Å². The second kappa shape index (κ2) is 3.25. The molecule has 0 amide bonds. The van der Waals surface area contributed by atoms with Crippen LogP contribution >= 0.6 is 23.8 Å². The van der Waals surface area contributed by atoms with Gasteiger partial charge in [-0.05, 0) is 42.4 Å². The van der Waals surface area contributed by atoms with E-state index in [9.17, 15) is 4.39 Å². The molecule has 2 nitrogen and oxygen atoms in total. The van der Waals surface area contributed by atoms with Crippen LogP contribution in [0.3, 0.4) is 0 Å². The van der Waals surface area contributed by atoms with Gasteiger partial charge in [-0.2, -0.15) is 0 Å². The highest BCUT2D eigenvalue weighted by molar-refractivity contribution is 7.71. The highest BCUT2D eigenvalue weighted by Gasteiger charge is 2.62. The molecule has 18 heavy (non-hydrogen) atoms. The second-order valence-electron chi connectivity index (χ2n) is 5.14. The summed E-state index contributed by atoms with van der Waals surface area (Å²) >= 11 is 11.5. The van der Waals surface area contributed by atoms with Gasteiger partial charge in [-0.25, -0.2) is 4.39 Å². The molecular formula is C13H10ClFN2S. The number of nitrogens with one attached hydrogen (secondary N) is 1. The Morgan fingerprint density at radius 3 is 3.11 bits per heavy atom. The topological polar surface area (TPSA) is 20.7 Å². The van der Waals surface area contributed by atoms with Gasteiger partial charge in [0.25, 0.3) is 0 Å². The van der Waals surface area contributed by atoms with Gasteiger partial charge in [-0.15, -0.1) is 0 Å². The number of benzene rings is 1. The summed E-state index contributed by atoms with van der Waals surface area (Å²) in [5.74, 6) is 0.195. The Kier molecular flexibility index (Phi) is 1.94. The molecule has 0 saturated heterocycles. The van der Waals surface area contributed by atoms with Gasteiger partial charge < -0.3 is 9.55 Å². The number of nitrogens with zero attached hydrogens (tertiary/aromatic N) is 1. The summed E-state index contributed by atoms with van der Waals surface area (Å²) < 4.78 is 16.3. The lowest BCUT2D eigenvalue weighted by molar-refractivity contribution is 0.570. The summed E-state index contributed by atoms with van der Waals surface area (Å²) in [5.41, 5.74) is 2.12. The molecule has 1 fully saturated rings. The monoisotopic (exact) mass is 280 g/mol. The molecule has 1 aromatic carbocycles. The number of rotatable bonds is 1. The second-order valence-corrected chi connectivity index (χ2v) is 5.94. The van der Waals surface area contributed by atoms with E-state index >= 15 is 0 Å². The number of hydrogen-bond donors (Lipinski definition) is 1. The Labute approximate surface area is 113 Å². The van der Waals surface area contributed by atoms with Crippen LogP contribution in [0, 0.1) is 10.6 Å². The molecule has 4 rings (SSSR count). The minimum absolute atomic E-state index is 0.0306. The normalized spacial score (nSPS) is 28.0. The van der Waals surface area contributed by atoms with E-state index in [-0.39, 0.29) is 11.2 Å². The maximum atomic E-state index is 13.4. The van der Waals surface area contributed by atoms with Gasteiger partial charge in [0.2, 0.25) is 0 Å². The van der Waals surface area contributed by atoms with Crippen molar-refractivity contribution in [3.05, 3.63) is 51.3 Å².